The second-order valence-corrected chi connectivity index (χ2v) is 5.44. The summed E-state index contributed by atoms with van der Waals surface area (Å²) >= 11 is 1.66. The van der Waals surface area contributed by atoms with Gasteiger partial charge < -0.3 is 10.1 Å². The summed E-state index contributed by atoms with van der Waals surface area (Å²) in [6.07, 6.45) is 0.133. The lowest BCUT2D eigenvalue weighted by Crippen LogP contribution is -2.25. The molecule has 1 aromatic carbocycles. The monoisotopic (exact) mass is 263 g/mol. The molecule has 0 amide bonds. The molecule has 0 unspecified atom stereocenters. The number of thiophene rings is 1. The maximum atomic E-state index is 13.3. The molecule has 1 aromatic heterocycles. The van der Waals surface area contributed by atoms with Crippen LogP contribution in [-0.4, -0.2) is 12.6 Å². The van der Waals surface area contributed by atoms with Crippen LogP contribution in [0, 0.1) is 5.82 Å². The minimum Gasteiger partial charge on any atom is -0.488 e. The summed E-state index contributed by atoms with van der Waals surface area (Å²) < 4.78 is 19.2. The van der Waals surface area contributed by atoms with Crippen LogP contribution in [0.25, 0.3) is 11.1 Å². The smallest absolute Gasteiger partial charge is 0.142 e. The normalized spacial score (nSPS) is 18.9. The van der Waals surface area contributed by atoms with Gasteiger partial charge in [0.25, 0.3) is 0 Å². The Morgan fingerprint density at radius 2 is 2.33 bits per heavy atom. The molecule has 18 heavy (non-hydrogen) atoms. The van der Waals surface area contributed by atoms with Crippen molar-refractivity contribution < 1.29 is 9.13 Å². The predicted molar refractivity (Wildman–Crippen MR) is 71.5 cm³/mol. The zero-order valence-corrected chi connectivity index (χ0v) is 10.9. The number of halogens is 1. The van der Waals surface area contributed by atoms with Crippen molar-refractivity contribution >= 4 is 11.3 Å². The molecule has 1 N–H and O–H groups in total. The number of benzene rings is 1. The van der Waals surface area contributed by atoms with Crippen LogP contribution in [0.4, 0.5) is 4.39 Å². The van der Waals surface area contributed by atoms with E-state index in [4.69, 9.17) is 4.74 Å². The zero-order chi connectivity index (χ0) is 12.5. The molecule has 1 atom stereocenters. The molecule has 0 fully saturated rings. The first-order valence-corrected chi connectivity index (χ1v) is 6.85. The van der Waals surface area contributed by atoms with Gasteiger partial charge in [-0.25, -0.2) is 4.39 Å². The quantitative estimate of drug-likeness (QED) is 0.851. The molecule has 0 radical (unpaired) electrons. The van der Waals surface area contributed by atoms with Crippen molar-refractivity contribution in [2.75, 3.05) is 6.54 Å². The van der Waals surface area contributed by atoms with Gasteiger partial charge in [0, 0.05) is 24.0 Å². The van der Waals surface area contributed by atoms with Crippen molar-refractivity contribution in [2.24, 2.45) is 0 Å². The molecule has 1 aliphatic rings. The Bertz CT molecular complexity index is 567. The van der Waals surface area contributed by atoms with Crippen molar-refractivity contribution in [3.63, 3.8) is 0 Å². The molecule has 3 rings (SSSR count). The van der Waals surface area contributed by atoms with Gasteiger partial charge in [-0.1, -0.05) is 12.1 Å². The van der Waals surface area contributed by atoms with Crippen LogP contribution >= 0.6 is 11.3 Å². The van der Waals surface area contributed by atoms with Gasteiger partial charge in [0.05, 0.1) is 4.88 Å². The third kappa shape index (κ3) is 2.13. The lowest BCUT2D eigenvalue weighted by atomic mass is 10.1. The summed E-state index contributed by atoms with van der Waals surface area (Å²) in [5.74, 6) is 0.690. The highest BCUT2D eigenvalue weighted by atomic mass is 32.1. The van der Waals surface area contributed by atoms with Crippen LogP contribution in [0.3, 0.4) is 0 Å². The summed E-state index contributed by atoms with van der Waals surface area (Å²) in [6.45, 7) is 3.69. The molecule has 0 saturated carbocycles. The van der Waals surface area contributed by atoms with Gasteiger partial charge >= 0.3 is 0 Å². The maximum Gasteiger partial charge on any atom is 0.142 e. The average molecular weight is 263 g/mol. The Balaban J connectivity index is 2.06. The topological polar surface area (TPSA) is 21.3 Å². The number of hydrogen-bond donors (Lipinski definition) is 1. The summed E-state index contributed by atoms with van der Waals surface area (Å²) in [5.41, 5.74) is 1.87. The van der Waals surface area contributed by atoms with Gasteiger partial charge in [-0.3, -0.25) is 0 Å². The highest BCUT2D eigenvalue weighted by Crippen LogP contribution is 2.39. The minimum atomic E-state index is -0.216. The molecular formula is C14H14FNOS. The van der Waals surface area contributed by atoms with Gasteiger partial charge in [-0.2, -0.15) is 0 Å². The fourth-order valence-electron chi connectivity index (χ4n) is 2.13. The third-order valence-corrected chi connectivity index (χ3v) is 3.96. The fraction of sp³-hybridized carbons (Fsp3) is 0.286. The zero-order valence-electron chi connectivity index (χ0n) is 10.1. The number of nitrogens with one attached hydrogen (secondary N) is 1. The summed E-state index contributed by atoms with van der Waals surface area (Å²) in [5, 5.41) is 5.38. The predicted octanol–water partition coefficient (Wildman–Crippen LogP) is 3.42. The third-order valence-electron chi connectivity index (χ3n) is 2.99. The van der Waals surface area contributed by atoms with E-state index < -0.39 is 0 Å². The fourth-order valence-corrected chi connectivity index (χ4v) is 3.08. The summed E-state index contributed by atoms with van der Waals surface area (Å²) in [6, 6.07) is 6.65. The van der Waals surface area contributed by atoms with Gasteiger partial charge in [0.2, 0.25) is 0 Å². The van der Waals surface area contributed by atoms with Gasteiger partial charge in [0.1, 0.15) is 17.7 Å². The van der Waals surface area contributed by atoms with Crippen molar-refractivity contribution in [3.05, 3.63) is 40.3 Å². The molecule has 2 nitrogen and oxygen atoms in total. The standard InChI is InChI=1S/C14H14FNOS/c1-9-6-16-7-13-14(17-9)12(8-18-13)10-3-2-4-11(15)5-10/h2-5,8-9,16H,6-7H2,1H3/t9-/m0/s1. The van der Waals surface area contributed by atoms with E-state index in [0.29, 0.717) is 0 Å². The van der Waals surface area contributed by atoms with Crippen LogP contribution in [0.5, 0.6) is 5.75 Å². The van der Waals surface area contributed by atoms with Gasteiger partial charge in [-0.05, 0) is 24.6 Å². The highest BCUT2D eigenvalue weighted by Gasteiger charge is 2.20. The molecule has 0 aliphatic carbocycles. The van der Waals surface area contributed by atoms with Crippen LogP contribution < -0.4 is 10.1 Å². The van der Waals surface area contributed by atoms with Gasteiger partial charge in [0.15, 0.2) is 0 Å². The van der Waals surface area contributed by atoms with E-state index in [1.807, 2.05) is 18.4 Å². The Hall–Kier alpha value is -1.39. The molecule has 2 aromatic rings. The van der Waals surface area contributed by atoms with Crippen LogP contribution in [-0.2, 0) is 6.54 Å². The molecular weight excluding hydrogens is 249 g/mol. The second-order valence-electron chi connectivity index (χ2n) is 4.47. The Labute approximate surface area is 109 Å². The van der Waals surface area contributed by atoms with E-state index in [-0.39, 0.29) is 11.9 Å². The first kappa shape index (κ1) is 11.7. The van der Waals surface area contributed by atoms with E-state index in [2.05, 4.69) is 5.32 Å². The van der Waals surface area contributed by atoms with E-state index in [1.165, 1.54) is 10.9 Å². The molecule has 2 heterocycles. The molecule has 0 saturated heterocycles. The van der Waals surface area contributed by atoms with E-state index in [9.17, 15) is 4.39 Å². The largest absolute Gasteiger partial charge is 0.488 e. The van der Waals surface area contributed by atoms with Crippen LogP contribution in [0.1, 0.15) is 11.8 Å². The maximum absolute atomic E-state index is 13.3. The van der Waals surface area contributed by atoms with E-state index in [1.54, 1.807) is 23.5 Å². The lowest BCUT2D eigenvalue weighted by Gasteiger charge is -2.12. The Morgan fingerprint density at radius 3 is 3.17 bits per heavy atom. The van der Waals surface area contributed by atoms with Crippen molar-refractivity contribution in [1.29, 1.82) is 0 Å². The van der Waals surface area contributed by atoms with Crippen molar-refractivity contribution in [2.45, 2.75) is 19.6 Å². The summed E-state index contributed by atoms with van der Waals surface area (Å²) in [7, 11) is 0. The first-order valence-electron chi connectivity index (χ1n) is 5.97. The number of hydrogen-bond acceptors (Lipinski definition) is 3. The SMILES string of the molecule is C[C@H]1CNCc2scc(-c3cccc(F)c3)c2O1. The average Bonchev–Trinajstić information content (AvgIpc) is 2.63. The minimum absolute atomic E-state index is 0.133. The lowest BCUT2D eigenvalue weighted by molar-refractivity contribution is 0.228. The molecule has 0 spiro atoms. The highest BCUT2D eigenvalue weighted by molar-refractivity contribution is 7.10. The van der Waals surface area contributed by atoms with Crippen molar-refractivity contribution in [3.8, 4) is 16.9 Å². The molecule has 94 valence electrons. The van der Waals surface area contributed by atoms with E-state index >= 15 is 0 Å². The summed E-state index contributed by atoms with van der Waals surface area (Å²) in [4.78, 5) is 1.18. The number of rotatable bonds is 1. The molecule has 4 heteroatoms. The second kappa shape index (κ2) is 4.71. The van der Waals surface area contributed by atoms with Crippen molar-refractivity contribution in [1.82, 2.24) is 5.32 Å². The Kier molecular flexibility index (Phi) is 3.06. The van der Waals surface area contributed by atoms with Crippen LogP contribution in [0.15, 0.2) is 29.6 Å². The van der Waals surface area contributed by atoms with Crippen LogP contribution in [0.2, 0.25) is 0 Å². The molecule has 0 bridgehead atoms. The first-order chi connectivity index (χ1) is 8.74. The van der Waals surface area contributed by atoms with Gasteiger partial charge in [-0.15, -0.1) is 11.3 Å². The Morgan fingerprint density at radius 1 is 1.44 bits per heavy atom. The number of fused-ring (bicyclic) bond motifs is 1. The number of ether oxygens (including phenoxy) is 1. The van der Waals surface area contributed by atoms with E-state index in [0.717, 1.165) is 30.0 Å². The molecule has 1 aliphatic heterocycles.